The van der Waals surface area contributed by atoms with Crippen molar-refractivity contribution in [2.75, 3.05) is 12.0 Å². The van der Waals surface area contributed by atoms with Gasteiger partial charge in [0.05, 0.1) is 18.2 Å². The van der Waals surface area contributed by atoms with Gasteiger partial charge in [-0.3, -0.25) is 14.4 Å². The van der Waals surface area contributed by atoms with Gasteiger partial charge in [-0.1, -0.05) is 55.7 Å². The number of para-hydroxylation sites is 1. The first-order valence-corrected chi connectivity index (χ1v) is 13.5. The summed E-state index contributed by atoms with van der Waals surface area (Å²) in [4.78, 5) is 41.1. The van der Waals surface area contributed by atoms with Crippen molar-refractivity contribution in [2.45, 2.75) is 63.0 Å². The number of rotatable bonds is 6. The first-order chi connectivity index (χ1) is 18.8. The zero-order valence-corrected chi connectivity index (χ0v) is 22.4. The first-order valence-electron chi connectivity index (χ1n) is 13.5. The molecule has 1 aliphatic carbocycles. The zero-order chi connectivity index (χ0) is 27.6. The van der Waals surface area contributed by atoms with Gasteiger partial charge in [0, 0.05) is 29.2 Å². The largest absolute Gasteiger partial charge is 0.497 e. The highest BCUT2D eigenvalue weighted by molar-refractivity contribution is 6.07. The van der Waals surface area contributed by atoms with E-state index in [-0.39, 0.29) is 17.9 Å². The van der Waals surface area contributed by atoms with E-state index in [1.807, 2.05) is 49.4 Å². The number of benzene rings is 3. The Kier molecular flexibility index (Phi) is 7.42. The Morgan fingerprint density at radius 2 is 1.62 bits per heavy atom. The number of hydrogen-bond donors (Lipinski definition) is 1. The molecule has 5 rings (SSSR count). The van der Waals surface area contributed by atoms with Gasteiger partial charge in [0.2, 0.25) is 5.91 Å². The van der Waals surface area contributed by atoms with E-state index in [0.29, 0.717) is 36.1 Å². The van der Waals surface area contributed by atoms with Crippen molar-refractivity contribution in [3.63, 3.8) is 0 Å². The van der Waals surface area contributed by atoms with E-state index in [9.17, 15) is 14.4 Å². The van der Waals surface area contributed by atoms with Crippen molar-refractivity contribution in [1.29, 1.82) is 0 Å². The number of primary amides is 1. The molecule has 0 aromatic heterocycles. The van der Waals surface area contributed by atoms with Crippen molar-refractivity contribution >= 4 is 23.5 Å². The van der Waals surface area contributed by atoms with Crippen LogP contribution in [0.15, 0.2) is 72.8 Å². The Bertz CT molecular complexity index is 1380. The van der Waals surface area contributed by atoms with Gasteiger partial charge in [-0.2, -0.15) is 0 Å². The van der Waals surface area contributed by atoms with Crippen molar-refractivity contribution in [2.24, 2.45) is 5.73 Å². The second kappa shape index (κ2) is 10.9. The van der Waals surface area contributed by atoms with Crippen molar-refractivity contribution < 1.29 is 23.9 Å². The standard InChI is InChI=1S/C32H34N2O5/c1-21-19-28(26-11-4-5-12-27(26)34(21)30(36)23-9-8-10-25(20-23)38-2)39-31(37)32(17-6-3-7-18-32)24-15-13-22(14-16-24)29(33)35/h4-5,8-16,20-21,28H,3,6-7,17-19H2,1-2H3,(H2,33,35). The van der Waals surface area contributed by atoms with E-state index in [0.717, 1.165) is 36.1 Å². The van der Waals surface area contributed by atoms with Crippen LogP contribution in [0.5, 0.6) is 5.75 Å². The topological polar surface area (TPSA) is 98.9 Å². The number of ether oxygens (including phenoxy) is 2. The number of methoxy groups -OCH3 is 1. The number of carbonyl (C=O) groups excluding carboxylic acids is 3. The highest BCUT2D eigenvalue weighted by Crippen LogP contribution is 2.45. The number of fused-ring (bicyclic) bond motifs is 1. The van der Waals surface area contributed by atoms with Gasteiger partial charge in [0.25, 0.3) is 5.91 Å². The summed E-state index contributed by atoms with van der Waals surface area (Å²) >= 11 is 0. The van der Waals surface area contributed by atoms with Crippen LogP contribution in [-0.4, -0.2) is 30.9 Å². The molecule has 2 aliphatic rings. The fraction of sp³-hybridized carbons (Fsp3) is 0.344. The number of anilines is 1. The molecular weight excluding hydrogens is 492 g/mol. The molecule has 0 saturated heterocycles. The van der Waals surface area contributed by atoms with Gasteiger partial charge in [-0.25, -0.2) is 0 Å². The number of nitrogens with two attached hydrogens (primary N) is 1. The molecule has 2 atom stereocenters. The molecule has 0 bridgehead atoms. The molecule has 3 aromatic carbocycles. The summed E-state index contributed by atoms with van der Waals surface area (Å²) in [6.45, 7) is 1.98. The number of hydrogen-bond acceptors (Lipinski definition) is 5. The maximum absolute atomic E-state index is 14.0. The molecule has 39 heavy (non-hydrogen) atoms. The van der Waals surface area contributed by atoms with E-state index in [1.165, 1.54) is 0 Å². The Morgan fingerprint density at radius 1 is 0.897 bits per heavy atom. The minimum absolute atomic E-state index is 0.128. The predicted octanol–water partition coefficient (Wildman–Crippen LogP) is 5.72. The molecule has 7 nitrogen and oxygen atoms in total. The average Bonchev–Trinajstić information content (AvgIpc) is 2.97. The van der Waals surface area contributed by atoms with Crippen molar-refractivity contribution in [1.82, 2.24) is 0 Å². The maximum Gasteiger partial charge on any atom is 0.317 e. The molecular formula is C32H34N2O5. The van der Waals surface area contributed by atoms with Crippen LogP contribution in [0.1, 0.15) is 83.4 Å². The number of carbonyl (C=O) groups is 3. The minimum atomic E-state index is -0.778. The van der Waals surface area contributed by atoms with Crippen LogP contribution < -0.4 is 15.4 Å². The molecule has 2 N–H and O–H groups in total. The summed E-state index contributed by atoms with van der Waals surface area (Å²) in [5, 5.41) is 0. The van der Waals surface area contributed by atoms with E-state index in [1.54, 1.807) is 42.3 Å². The van der Waals surface area contributed by atoms with Crippen molar-refractivity contribution in [3.05, 3.63) is 95.1 Å². The summed E-state index contributed by atoms with van der Waals surface area (Å²) in [5.74, 6) is -0.263. The SMILES string of the molecule is COc1cccc(C(=O)N2c3ccccc3C(OC(=O)C3(c4ccc(C(N)=O)cc4)CCCCC3)CC2C)c1. The quantitative estimate of drug-likeness (QED) is 0.414. The minimum Gasteiger partial charge on any atom is -0.497 e. The van der Waals surface area contributed by atoms with E-state index < -0.39 is 17.4 Å². The average molecular weight is 527 g/mol. The predicted molar refractivity (Wildman–Crippen MR) is 149 cm³/mol. The molecule has 7 heteroatoms. The Morgan fingerprint density at radius 3 is 2.31 bits per heavy atom. The molecule has 0 radical (unpaired) electrons. The highest BCUT2D eigenvalue weighted by Gasteiger charge is 2.45. The Balaban J connectivity index is 1.45. The van der Waals surface area contributed by atoms with Gasteiger partial charge in [0.1, 0.15) is 11.9 Å². The summed E-state index contributed by atoms with van der Waals surface area (Å²) in [6.07, 6.45) is 4.29. The van der Waals surface area contributed by atoms with Gasteiger partial charge < -0.3 is 20.1 Å². The third-order valence-corrected chi connectivity index (χ3v) is 8.14. The molecule has 1 saturated carbocycles. The maximum atomic E-state index is 14.0. The van der Waals surface area contributed by atoms with Crippen LogP contribution in [0.2, 0.25) is 0 Å². The Hall–Kier alpha value is -4.13. The van der Waals surface area contributed by atoms with Crippen LogP contribution in [0, 0.1) is 0 Å². The third-order valence-electron chi connectivity index (χ3n) is 8.14. The van der Waals surface area contributed by atoms with Gasteiger partial charge >= 0.3 is 5.97 Å². The molecule has 1 fully saturated rings. The van der Waals surface area contributed by atoms with Crippen LogP contribution in [0.4, 0.5) is 5.69 Å². The fourth-order valence-electron chi connectivity index (χ4n) is 6.04. The summed E-state index contributed by atoms with van der Waals surface area (Å²) < 4.78 is 11.7. The number of amides is 2. The molecule has 202 valence electrons. The zero-order valence-electron chi connectivity index (χ0n) is 22.4. The molecule has 2 unspecified atom stereocenters. The lowest BCUT2D eigenvalue weighted by molar-refractivity contribution is -0.159. The van der Waals surface area contributed by atoms with Crippen LogP contribution >= 0.6 is 0 Å². The van der Waals surface area contributed by atoms with Gasteiger partial charge in [-0.05, 0) is 61.7 Å². The van der Waals surface area contributed by atoms with Crippen LogP contribution in [0.3, 0.4) is 0 Å². The molecule has 3 aromatic rings. The second-order valence-corrected chi connectivity index (χ2v) is 10.5. The van der Waals surface area contributed by atoms with Crippen LogP contribution in [0.25, 0.3) is 0 Å². The molecule has 0 spiro atoms. The lowest BCUT2D eigenvalue weighted by Crippen LogP contribution is -2.45. The molecule has 1 aliphatic heterocycles. The lowest BCUT2D eigenvalue weighted by atomic mass is 9.69. The molecule has 2 amide bonds. The van der Waals surface area contributed by atoms with E-state index >= 15 is 0 Å². The van der Waals surface area contributed by atoms with Crippen LogP contribution in [-0.2, 0) is 14.9 Å². The van der Waals surface area contributed by atoms with Crippen molar-refractivity contribution in [3.8, 4) is 5.75 Å². The number of esters is 1. The van der Waals surface area contributed by atoms with Gasteiger partial charge in [-0.15, -0.1) is 0 Å². The lowest BCUT2D eigenvalue weighted by Gasteiger charge is -2.41. The smallest absolute Gasteiger partial charge is 0.317 e. The summed E-state index contributed by atoms with van der Waals surface area (Å²) in [6, 6.07) is 21.6. The highest BCUT2D eigenvalue weighted by atomic mass is 16.5. The number of nitrogens with zero attached hydrogens (tertiary/aromatic N) is 1. The second-order valence-electron chi connectivity index (χ2n) is 10.5. The Labute approximate surface area is 228 Å². The van der Waals surface area contributed by atoms with E-state index in [4.69, 9.17) is 15.2 Å². The summed E-state index contributed by atoms with van der Waals surface area (Å²) in [7, 11) is 1.58. The van der Waals surface area contributed by atoms with Gasteiger partial charge in [0.15, 0.2) is 0 Å². The summed E-state index contributed by atoms with van der Waals surface area (Å²) in [5.41, 5.74) is 8.01. The first kappa shape index (κ1) is 26.5. The fourth-order valence-corrected chi connectivity index (χ4v) is 6.04. The third kappa shape index (κ3) is 5.01. The van der Waals surface area contributed by atoms with E-state index in [2.05, 4.69) is 0 Å². The molecule has 1 heterocycles. The normalized spacial score (nSPS) is 20.0. The monoisotopic (exact) mass is 526 g/mol.